The highest BCUT2D eigenvalue weighted by Gasteiger charge is 2.36. The van der Waals surface area contributed by atoms with Crippen LogP contribution in [0.15, 0.2) is 24.3 Å². The van der Waals surface area contributed by atoms with Gasteiger partial charge >= 0.3 is 0 Å². The molecule has 1 aliphatic heterocycles. The Balaban J connectivity index is 2.32. The number of primary amides is 1. The van der Waals surface area contributed by atoms with Crippen LogP contribution in [-0.4, -0.2) is 27.6 Å². The van der Waals surface area contributed by atoms with Crippen molar-refractivity contribution in [2.75, 3.05) is 6.54 Å². The van der Waals surface area contributed by atoms with Gasteiger partial charge in [0.25, 0.3) is 0 Å². The molecule has 5 nitrogen and oxygen atoms in total. The van der Waals surface area contributed by atoms with Gasteiger partial charge < -0.3 is 15.9 Å². The van der Waals surface area contributed by atoms with Gasteiger partial charge in [0, 0.05) is 11.1 Å². The molecule has 0 spiro atoms. The third-order valence-corrected chi connectivity index (χ3v) is 2.52. The van der Waals surface area contributed by atoms with Crippen molar-refractivity contribution in [1.82, 2.24) is 4.90 Å². The molecule has 0 aromatic heterocycles. The molecule has 0 bridgehead atoms. The lowest BCUT2D eigenvalue weighted by atomic mass is 10.1. The quantitative estimate of drug-likeness (QED) is 0.609. The van der Waals surface area contributed by atoms with Gasteiger partial charge in [0.05, 0.1) is 6.54 Å². The molecule has 0 aliphatic carbocycles. The fraction of sp³-hybridized carbons (Fsp3) is 0.300. The van der Waals surface area contributed by atoms with E-state index in [0.717, 1.165) is 0 Å². The Kier molecular flexibility index (Phi) is 2.44. The highest BCUT2D eigenvalue weighted by atomic mass is 16.3. The molecule has 2 rings (SSSR count). The molecular weight excluding hydrogens is 196 g/mol. The molecular formula is C10H12N2O3. The number of rotatable bonds is 2. The SMILES string of the molecule is NC(=O)CN1C(O)c2ccccc2C1O. The zero-order valence-corrected chi connectivity index (χ0v) is 8.00. The van der Waals surface area contributed by atoms with Gasteiger partial charge in [-0.1, -0.05) is 24.3 Å². The largest absolute Gasteiger partial charge is 0.374 e. The Hall–Kier alpha value is -1.43. The second-order valence-corrected chi connectivity index (χ2v) is 3.51. The van der Waals surface area contributed by atoms with E-state index in [-0.39, 0.29) is 6.54 Å². The Labute approximate surface area is 86.7 Å². The molecule has 4 N–H and O–H groups in total. The van der Waals surface area contributed by atoms with E-state index >= 15 is 0 Å². The third-order valence-electron chi connectivity index (χ3n) is 2.52. The first-order chi connectivity index (χ1) is 7.11. The van der Waals surface area contributed by atoms with Gasteiger partial charge in [-0.3, -0.25) is 4.79 Å². The number of benzene rings is 1. The van der Waals surface area contributed by atoms with Crippen LogP contribution in [0.5, 0.6) is 0 Å². The fourth-order valence-electron chi connectivity index (χ4n) is 1.83. The first kappa shape index (κ1) is 10.1. The number of hydrogen-bond donors (Lipinski definition) is 3. The van der Waals surface area contributed by atoms with Crippen LogP contribution in [-0.2, 0) is 4.79 Å². The molecule has 0 radical (unpaired) electrons. The van der Waals surface area contributed by atoms with Crippen molar-refractivity contribution in [2.24, 2.45) is 5.73 Å². The van der Waals surface area contributed by atoms with Crippen LogP contribution in [0.3, 0.4) is 0 Å². The summed E-state index contributed by atoms with van der Waals surface area (Å²) in [5, 5.41) is 19.6. The van der Waals surface area contributed by atoms with E-state index in [0.29, 0.717) is 11.1 Å². The van der Waals surface area contributed by atoms with Crippen molar-refractivity contribution in [2.45, 2.75) is 12.5 Å². The van der Waals surface area contributed by atoms with Crippen molar-refractivity contribution in [3.8, 4) is 0 Å². The zero-order chi connectivity index (χ0) is 11.0. The zero-order valence-electron chi connectivity index (χ0n) is 8.00. The van der Waals surface area contributed by atoms with Crippen LogP contribution in [0.2, 0.25) is 0 Å². The van der Waals surface area contributed by atoms with Gasteiger partial charge in [-0.25, -0.2) is 4.90 Å². The summed E-state index contributed by atoms with van der Waals surface area (Å²) in [6.45, 7) is -0.170. The number of fused-ring (bicyclic) bond motifs is 1. The molecule has 1 amide bonds. The van der Waals surface area contributed by atoms with Crippen molar-refractivity contribution < 1.29 is 15.0 Å². The molecule has 1 aliphatic rings. The topological polar surface area (TPSA) is 86.8 Å². The van der Waals surface area contributed by atoms with Crippen LogP contribution in [0.1, 0.15) is 23.6 Å². The maximum atomic E-state index is 10.8. The lowest BCUT2D eigenvalue weighted by Crippen LogP contribution is -2.35. The van der Waals surface area contributed by atoms with E-state index in [9.17, 15) is 15.0 Å². The van der Waals surface area contributed by atoms with E-state index in [1.807, 2.05) is 0 Å². The highest BCUT2D eigenvalue weighted by Crippen LogP contribution is 2.38. The lowest BCUT2D eigenvalue weighted by molar-refractivity contribution is -0.130. The molecule has 80 valence electrons. The van der Waals surface area contributed by atoms with Crippen LogP contribution in [0, 0.1) is 0 Å². The number of hydrogen-bond acceptors (Lipinski definition) is 4. The first-order valence-corrected chi connectivity index (χ1v) is 4.60. The fourth-order valence-corrected chi connectivity index (χ4v) is 1.83. The van der Waals surface area contributed by atoms with Crippen molar-refractivity contribution in [3.05, 3.63) is 35.4 Å². The number of nitrogens with two attached hydrogens (primary N) is 1. The average molecular weight is 208 g/mol. The number of carbonyl (C=O) groups excluding carboxylic acids is 1. The standard InChI is InChI=1S/C10H12N2O3/c11-8(13)5-12-9(14)6-3-1-2-4-7(6)10(12)15/h1-4,9-10,14-15H,5H2,(H2,11,13). The summed E-state index contributed by atoms with van der Waals surface area (Å²) in [6, 6.07) is 6.96. The van der Waals surface area contributed by atoms with Gasteiger partial charge in [0.15, 0.2) is 0 Å². The van der Waals surface area contributed by atoms with Gasteiger partial charge in [-0.15, -0.1) is 0 Å². The average Bonchev–Trinajstić information content (AvgIpc) is 2.44. The van der Waals surface area contributed by atoms with E-state index in [1.165, 1.54) is 4.90 Å². The molecule has 0 saturated heterocycles. The molecule has 15 heavy (non-hydrogen) atoms. The first-order valence-electron chi connectivity index (χ1n) is 4.60. The van der Waals surface area contributed by atoms with E-state index in [4.69, 9.17) is 5.73 Å². The van der Waals surface area contributed by atoms with E-state index in [1.54, 1.807) is 24.3 Å². The number of nitrogens with zero attached hydrogens (tertiary/aromatic N) is 1. The summed E-state index contributed by atoms with van der Waals surface area (Å²) in [5.41, 5.74) is 6.26. The molecule has 2 unspecified atom stereocenters. The van der Waals surface area contributed by atoms with Gasteiger partial charge in [-0.2, -0.15) is 0 Å². The van der Waals surface area contributed by atoms with Crippen LogP contribution in [0.4, 0.5) is 0 Å². The van der Waals surface area contributed by atoms with Crippen LogP contribution < -0.4 is 5.73 Å². The maximum absolute atomic E-state index is 10.8. The summed E-state index contributed by atoms with van der Waals surface area (Å²) >= 11 is 0. The Morgan fingerprint density at radius 1 is 1.27 bits per heavy atom. The molecule has 1 aromatic rings. The van der Waals surface area contributed by atoms with E-state index in [2.05, 4.69) is 0 Å². The molecule has 1 aromatic carbocycles. The normalized spacial score (nSPS) is 25.2. The summed E-state index contributed by atoms with van der Waals surface area (Å²) in [7, 11) is 0. The van der Waals surface area contributed by atoms with Gasteiger partial charge in [0.1, 0.15) is 12.5 Å². The number of carbonyl (C=O) groups is 1. The monoisotopic (exact) mass is 208 g/mol. The molecule has 1 heterocycles. The third kappa shape index (κ3) is 1.61. The predicted octanol–water partition coefficient (Wildman–Crippen LogP) is -0.531. The summed E-state index contributed by atoms with van der Waals surface area (Å²) < 4.78 is 0. The number of amides is 1. The van der Waals surface area contributed by atoms with Gasteiger partial charge in [0.2, 0.25) is 5.91 Å². The molecule has 0 saturated carbocycles. The number of aliphatic hydroxyl groups excluding tert-OH is 2. The van der Waals surface area contributed by atoms with Crippen molar-refractivity contribution >= 4 is 5.91 Å². The Bertz CT molecular complexity index is 365. The van der Waals surface area contributed by atoms with Crippen molar-refractivity contribution in [3.63, 3.8) is 0 Å². The smallest absolute Gasteiger partial charge is 0.231 e. The minimum atomic E-state index is -0.969. The van der Waals surface area contributed by atoms with Crippen LogP contribution >= 0.6 is 0 Å². The van der Waals surface area contributed by atoms with Gasteiger partial charge in [-0.05, 0) is 0 Å². The summed E-state index contributed by atoms with van der Waals surface area (Å²) in [5.74, 6) is -0.582. The summed E-state index contributed by atoms with van der Waals surface area (Å²) in [4.78, 5) is 12.0. The Morgan fingerprint density at radius 2 is 1.73 bits per heavy atom. The maximum Gasteiger partial charge on any atom is 0.231 e. The highest BCUT2D eigenvalue weighted by molar-refractivity contribution is 5.76. The Morgan fingerprint density at radius 3 is 2.13 bits per heavy atom. The lowest BCUT2D eigenvalue weighted by Gasteiger charge is -2.22. The minimum absolute atomic E-state index is 0.170. The summed E-state index contributed by atoms with van der Waals surface area (Å²) in [6.07, 6.45) is -1.94. The van der Waals surface area contributed by atoms with Crippen LogP contribution in [0.25, 0.3) is 0 Å². The molecule has 0 fully saturated rings. The minimum Gasteiger partial charge on any atom is -0.374 e. The predicted molar refractivity (Wildman–Crippen MR) is 52.3 cm³/mol. The number of aliphatic hydroxyl groups is 2. The van der Waals surface area contributed by atoms with E-state index < -0.39 is 18.4 Å². The second kappa shape index (κ2) is 3.62. The second-order valence-electron chi connectivity index (χ2n) is 3.51. The van der Waals surface area contributed by atoms with Crippen molar-refractivity contribution in [1.29, 1.82) is 0 Å². The molecule has 5 heteroatoms. The molecule has 2 atom stereocenters.